The molecule has 2 atom stereocenters. The number of nitrogens with zero attached hydrogens (tertiary/aromatic N) is 2. The second kappa shape index (κ2) is 9.00. The first-order chi connectivity index (χ1) is 15.6. The molecular weight excluding hydrogens is 403 g/mol. The Morgan fingerprint density at radius 3 is 2.47 bits per heavy atom. The number of fused-ring (bicyclic) bond motifs is 2. The predicted octanol–water partition coefficient (Wildman–Crippen LogP) is 4.92. The van der Waals surface area contributed by atoms with Gasteiger partial charge < -0.3 is 9.84 Å². The molecule has 5 rings (SSSR count). The molecule has 4 nitrogen and oxygen atoms in total. The highest BCUT2D eigenvalue weighted by Gasteiger charge is 2.51. The van der Waals surface area contributed by atoms with E-state index in [0.717, 1.165) is 49.4 Å². The number of hydrogen-bond donors (Lipinski definition) is 1. The lowest BCUT2D eigenvalue weighted by molar-refractivity contribution is -0.148. The fraction of sp³-hybridized carbons (Fsp3) is 0.370. The van der Waals surface area contributed by atoms with Gasteiger partial charge in [-0.2, -0.15) is 0 Å². The Kier molecular flexibility index (Phi) is 5.94. The molecule has 3 aromatic rings. The number of benzene rings is 2. The first-order valence-electron chi connectivity index (χ1n) is 11.4. The van der Waals surface area contributed by atoms with Crippen LogP contribution in [0.25, 0.3) is 0 Å². The number of likely N-dealkylation sites (tertiary alicyclic amines) is 1. The van der Waals surface area contributed by atoms with Crippen LogP contribution in [0.1, 0.15) is 36.0 Å². The van der Waals surface area contributed by atoms with Crippen molar-refractivity contribution in [2.45, 2.75) is 38.0 Å². The largest absolute Gasteiger partial charge is 0.489 e. The molecule has 1 aliphatic heterocycles. The van der Waals surface area contributed by atoms with Crippen molar-refractivity contribution in [3.05, 3.63) is 95.6 Å². The average Bonchev–Trinajstić information content (AvgIpc) is 2.80. The van der Waals surface area contributed by atoms with E-state index in [1.54, 1.807) is 12.3 Å². The molecule has 2 heterocycles. The van der Waals surface area contributed by atoms with Gasteiger partial charge in [0, 0.05) is 49.4 Å². The van der Waals surface area contributed by atoms with E-state index in [-0.39, 0.29) is 17.7 Å². The van der Waals surface area contributed by atoms with Gasteiger partial charge in [0.1, 0.15) is 18.2 Å². The molecule has 5 heteroatoms. The molecule has 2 fully saturated rings. The molecule has 32 heavy (non-hydrogen) atoms. The summed E-state index contributed by atoms with van der Waals surface area (Å²) >= 11 is 0. The van der Waals surface area contributed by atoms with Crippen molar-refractivity contribution < 1.29 is 14.2 Å². The average molecular weight is 433 g/mol. The third kappa shape index (κ3) is 4.27. The molecule has 1 saturated carbocycles. The summed E-state index contributed by atoms with van der Waals surface area (Å²) in [4.78, 5) is 6.74. The Bertz CT molecular complexity index is 1030. The SMILES string of the molecule is OC1(c2cccnc2)[C@H]2CCC[C@H]1CN(Cc1ccc(OCc3cccc(F)c3)cc1)C2. The first kappa shape index (κ1) is 21.1. The van der Waals surface area contributed by atoms with Crippen LogP contribution in [0.3, 0.4) is 0 Å². The van der Waals surface area contributed by atoms with E-state index in [4.69, 9.17) is 4.74 Å². The van der Waals surface area contributed by atoms with Crippen molar-refractivity contribution in [1.82, 2.24) is 9.88 Å². The molecule has 0 radical (unpaired) electrons. The quantitative estimate of drug-likeness (QED) is 0.601. The Morgan fingerprint density at radius 1 is 1.00 bits per heavy atom. The van der Waals surface area contributed by atoms with Crippen LogP contribution in [0.15, 0.2) is 73.1 Å². The maximum absolute atomic E-state index is 13.3. The van der Waals surface area contributed by atoms with Crippen molar-refractivity contribution in [3.63, 3.8) is 0 Å². The van der Waals surface area contributed by atoms with E-state index in [9.17, 15) is 9.50 Å². The van der Waals surface area contributed by atoms with Gasteiger partial charge in [-0.1, -0.05) is 36.8 Å². The van der Waals surface area contributed by atoms with Crippen LogP contribution < -0.4 is 4.74 Å². The van der Waals surface area contributed by atoms with Gasteiger partial charge in [0.05, 0.1) is 5.60 Å². The van der Waals surface area contributed by atoms with E-state index in [0.29, 0.717) is 6.61 Å². The molecule has 1 N–H and O–H groups in total. The van der Waals surface area contributed by atoms with Crippen LogP contribution in [0, 0.1) is 17.7 Å². The fourth-order valence-electron chi connectivity index (χ4n) is 5.49. The highest BCUT2D eigenvalue weighted by molar-refractivity contribution is 5.29. The van der Waals surface area contributed by atoms with Crippen LogP contribution in [0.4, 0.5) is 4.39 Å². The zero-order chi connectivity index (χ0) is 22.0. The molecule has 2 bridgehead atoms. The smallest absolute Gasteiger partial charge is 0.123 e. The van der Waals surface area contributed by atoms with Gasteiger partial charge in [-0.3, -0.25) is 9.88 Å². The summed E-state index contributed by atoms with van der Waals surface area (Å²) in [5.74, 6) is 0.990. The minimum atomic E-state index is -0.766. The molecule has 0 amide bonds. The summed E-state index contributed by atoms with van der Waals surface area (Å²) in [6, 6.07) is 18.6. The van der Waals surface area contributed by atoms with Gasteiger partial charge >= 0.3 is 0 Å². The first-order valence-corrected chi connectivity index (χ1v) is 11.4. The number of aliphatic hydroxyl groups is 1. The van der Waals surface area contributed by atoms with Crippen molar-refractivity contribution in [2.75, 3.05) is 13.1 Å². The number of hydrogen-bond acceptors (Lipinski definition) is 4. The van der Waals surface area contributed by atoms with Gasteiger partial charge in [-0.05, 0) is 54.3 Å². The number of aromatic nitrogens is 1. The highest BCUT2D eigenvalue weighted by atomic mass is 19.1. The Balaban J connectivity index is 1.22. The molecule has 2 aliphatic rings. The van der Waals surface area contributed by atoms with Crippen LogP contribution in [-0.2, 0) is 18.8 Å². The van der Waals surface area contributed by atoms with Crippen LogP contribution >= 0.6 is 0 Å². The van der Waals surface area contributed by atoms with Crippen molar-refractivity contribution in [2.24, 2.45) is 11.8 Å². The molecule has 2 aromatic carbocycles. The van der Waals surface area contributed by atoms with Crippen molar-refractivity contribution in [3.8, 4) is 5.75 Å². The Labute approximate surface area is 188 Å². The molecule has 166 valence electrons. The van der Waals surface area contributed by atoms with E-state index in [2.05, 4.69) is 22.0 Å². The Hall–Kier alpha value is -2.76. The molecule has 1 aromatic heterocycles. The summed E-state index contributed by atoms with van der Waals surface area (Å²) in [5.41, 5.74) is 2.25. The lowest BCUT2D eigenvalue weighted by Crippen LogP contribution is -2.57. The number of ether oxygens (including phenoxy) is 1. The van der Waals surface area contributed by atoms with Crippen LogP contribution in [0.2, 0.25) is 0 Å². The lowest BCUT2D eigenvalue weighted by Gasteiger charge is -2.53. The van der Waals surface area contributed by atoms with Gasteiger partial charge in [-0.25, -0.2) is 4.39 Å². The van der Waals surface area contributed by atoms with E-state index in [1.165, 1.54) is 24.1 Å². The number of pyridine rings is 1. The van der Waals surface area contributed by atoms with Gasteiger partial charge in [0.2, 0.25) is 0 Å². The summed E-state index contributed by atoms with van der Waals surface area (Å²) in [6.45, 7) is 2.99. The van der Waals surface area contributed by atoms with E-state index in [1.807, 2.05) is 36.5 Å². The monoisotopic (exact) mass is 432 g/mol. The van der Waals surface area contributed by atoms with Gasteiger partial charge in [0.25, 0.3) is 0 Å². The second-order valence-electron chi connectivity index (χ2n) is 9.15. The minimum absolute atomic E-state index is 0.230. The zero-order valence-electron chi connectivity index (χ0n) is 18.2. The Morgan fingerprint density at radius 2 is 1.78 bits per heavy atom. The summed E-state index contributed by atoms with van der Waals surface area (Å²) in [7, 11) is 0. The highest BCUT2D eigenvalue weighted by Crippen LogP contribution is 2.49. The maximum Gasteiger partial charge on any atom is 0.123 e. The summed E-state index contributed by atoms with van der Waals surface area (Å²) in [5, 5.41) is 11.7. The standard InChI is InChI=1S/C27H29FN2O2/c28-25-8-1-4-21(14-25)19-32-26-11-9-20(10-12-26)16-30-17-23-5-2-6-24(18-30)27(23,31)22-7-3-13-29-15-22/h1,3-4,7-15,23-24,31H,2,5-6,16-19H2/t23-,24-/m0/s1. The number of rotatable bonds is 6. The second-order valence-corrected chi connectivity index (χ2v) is 9.15. The predicted molar refractivity (Wildman–Crippen MR) is 121 cm³/mol. The van der Waals surface area contributed by atoms with Crippen LogP contribution in [-0.4, -0.2) is 28.1 Å². The van der Waals surface area contributed by atoms with Gasteiger partial charge in [-0.15, -0.1) is 0 Å². The zero-order valence-corrected chi connectivity index (χ0v) is 18.2. The van der Waals surface area contributed by atoms with E-state index < -0.39 is 5.60 Å². The molecule has 1 saturated heterocycles. The summed E-state index contributed by atoms with van der Waals surface area (Å²) < 4.78 is 19.1. The van der Waals surface area contributed by atoms with Crippen molar-refractivity contribution in [1.29, 1.82) is 0 Å². The lowest BCUT2D eigenvalue weighted by atomic mass is 9.63. The van der Waals surface area contributed by atoms with Crippen molar-refractivity contribution >= 4 is 0 Å². The van der Waals surface area contributed by atoms with Crippen LogP contribution in [0.5, 0.6) is 5.75 Å². The summed E-state index contributed by atoms with van der Waals surface area (Å²) in [6.07, 6.45) is 6.88. The molecular formula is C27H29FN2O2. The minimum Gasteiger partial charge on any atom is -0.489 e. The normalized spacial score (nSPS) is 25.4. The maximum atomic E-state index is 13.3. The topological polar surface area (TPSA) is 45.6 Å². The number of piperidine rings is 1. The molecule has 0 unspecified atom stereocenters. The molecule has 1 aliphatic carbocycles. The molecule has 0 spiro atoms. The van der Waals surface area contributed by atoms with E-state index >= 15 is 0 Å². The number of halogens is 1. The third-order valence-electron chi connectivity index (χ3n) is 7.06. The fourth-order valence-corrected chi connectivity index (χ4v) is 5.49. The third-order valence-corrected chi connectivity index (χ3v) is 7.06. The van der Waals surface area contributed by atoms with Gasteiger partial charge in [0.15, 0.2) is 0 Å².